The summed E-state index contributed by atoms with van der Waals surface area (Å²) in [6, 6.07) is 5.82. The van der Waals surface area contributed by atoms with Crippen LogP contribution in [0.5, 0.6) is 0 Å². The Bertz CT molecular complexity index is 423. The molecule has 0 atom stereocenters. The van der Waals surface area contributed by atoms with Crippen molar-refractivity contribution in [1.82, 2.24) is 9.55 Å². The van der Waals surface area contributed by atoms with Crippen molar-refractivity contribution in [2.45, 2.75) is 6.54 Å². The molecule has 0 radical (unpaired) electrons. The molecule has 2 aromatic rings. The first-order chi connectivity index (χ1) is 6.75. The van der Waals surface area contributed by atoms with Gasteiger partial charge in [0.25, 0.3) is 0 Å². The first-order valence-corrected chi connectivity index (χ1v) is 5.04. The second-order valence-corrected chi connectivity index (χ2v) is 3.94. The first-order valence-electron chi connectivity index (χ1n) is 4.25. The molecule has 0 bridgehead atoms. The largest absolute Gasteiger partial charge is 0.399 e. The molecule has 0 fully saturated rings. The van der Waals surface area contributed by atoms with Gasteiger partial charge in [-0.25, -0.2) is 4.98 Å². The Morgan fingerprint density at radius 1 is 1.43 bits per heavy atom. The lowest BCUT2D eigenvalue weighted by Gasteiger charge is -2.05. The minimum Gasteiger partial charge on any atom is -0.399 e. The maximum Gasteiger partial charge on any atom is 0.0949 e. The number of aromatic nitrogens is 2. The number of hydrogen-bond acceptors (Lipinski definition) is 2. The van der Waals surface area contributed by atoms with Gasteiger partial charge in [-0.2, -0.15) is 0 Å². The van der Waals surface area contributed by atoms with E-state index in [2.05, 4.69) is 20.9 Å². The van der Waals surface area contributed by atoms with Crippen LogP contribution in [0.25, 0.3) is 0 Å². The average molecular weight is 252 g/mol. The van der Waals surface area contributed by atoms with Crippen molar-refractivity contribution >= 4 is 21.6 Å². The number of nitrogen functional groups attached to an aromatic ring is 1. The Balaban J connectivity index is 2.25. The maximum absolute atomic E-state index is 5.65. The van der Waals surface area contributed by atoms with Crippen molar-refractivity contribution < 1.29 is 0 Å². The number of rotatable bonds is 2. The molecule has 3 nitrogen and oxygen atoms in total. The highest BCUT2D eigenvalue weighted by Gasteiger charge is 2.00. The van der Waals surface area contributed by atoms with Gasteiger partial charge in [0, 0.05) is 29.1 Å². The van der Waals surface area contributed by atoms with Gasteiger partial charge in [0.05, 0.1) is 6.33 Å². The highest BCUT2D eigenvalue weighted by Crippen LogP contribution is 2.20. The number of anilines is 1. The van der Waals surface area contributed by atoms with E-state index in [1.54, 1.807) is 12.5 Å². The number of imidazole rings is 1. The Labute approximate surface area is 90.7 Å². The van der Waals surface area contributed by atoms with Gasteiger partial charge in [-0.15, -0.1) is 0 Å². The summed E-state index contributed by atoms with van der Waals surface area (Å²) in [4.78, 5) is 3.99. The second kappa shape index (κ2) is 3.84. The summed E-state index contributed by atoms with van der Waals surface area (Å²) in [6.45, 7) is 0.806. The topological polar surface area (TPSA) is 43.8 Å². The summed E-state index contributed by atoms with van der Waals surface area (Å²) in [5, 5.41) is 0. The third-order valence-corrected chi connectivity index (χ3v) is 2.73. The molecule has 0 spiro atoms. The van der Waals surface area contributed by atoms with Gasteiger partial charge in [-0.1, -0.05) is 22.0 Å². The first kappa shape index (κ1) is 9.27. The number of nitrogens with two attached hydrogens (primary N) is 1. The molecule has 0 unspecified atom stereocenters. The number of benzene rings is 1. The molecule has 14 heavy (non-hydrogen) atoms. The van der Waals surface area contributed by atoms with Crippen molar-refractivity contribution in [3.8, 4) is 0 Å². The van der Waals surface area contributed by atoms with Crippen LogP contribution in [0.2, 0.25) is 0 Å². The van der Waals surface area contributed by atoms with Crippen molar-refractivity contribution in [3.05, 3.63) is 47.0 Å². The molecule has 0 aliphatic rings. The smallest absolute Gasteiger partial charge is 0.0949 e. The molecule has 1 aromatic carbocycles. The van der Waals surface area contributed by atoms with Crippen LogP contribution < -0.4 is 5.73 Å². The minimum absolute atomic E-state index is 0.770. The van der Waals surface area contributed by atoms with Gasteiger partial charge in [0.2, 0.25) is 0 Å². The van der Waals surface area contributed by atoms with Crippen LogP contribution >= 0.6 is 15.9 Å². The van der Waals surface area contributed by atoms with E-state index in [1.807, 2.05) is 29.0 Å². The Kier molecular flexibility index (Phi) is 2.54. The molecule has 1 heterocycles. The lowest BCUT2D eigenvalue weighted by molar-refractivity contribution is 0.794. The zero-order valence-corrected chi connectivity index (χ0v) is 9.11. The second-order valence-electron chi connectivity index (χ2n) is 3.09. The summed E-state index contributed by atoms with van der Waals surface area (Å²) in [5.74, 6) is 0. The third-order valence-electron chi connectivity index (χ3n) is 1.99. The maximum atomic E-state index is 5.65. The van der Waals surface area contributed by atoms with E-state index >= 15 is 0 Å². The summed E-state index contributed by atoms with van der Waals surface area (Å²) in [5.41, 5.74) is 7.61. The Morgan fingerprint density at radius 2 is 2.29 bits per heavy atom. The van der Waals surface area contributed by atoms with Gasteiger partial charge in [-0.05, 0) is 17.7 Å². The lowest BCUT2D eigenvalue weighted by atomic mass is 10.2. The molecule has 1 aromatic heterocycles. The van der Waals surface area contributed by atoms with Gasteiger partial charge in [0.1, 0.15) is 0 Å². The SMILES string of the molecule is Nc1ccc(Cn2ccnc2)c(Br)c1. The van der Waals surface area contributed by atoms with Crippen LogP contribution in [0.3, 0.4) is 0 Å². The fraction of sp³-hybridized carbons (Fsp3) is 0.100. The van der Waals surface area contributed by atoms with E-state index in [-0.39, 0.29) is 0 Å². The van der Waals surface area contributed by atoms with Crippen LogP contribution in [-0.4, -0.2) is 9.55 Å². The molecule has 0 saturated carbocycles. The molecule has 0 saturated heterocycles. The van der Waals surface area contributed by atoms with Gasteiger partial charge in [0.15, 0.2) is 0 Å². The molecular weight excluding hydrogens is 242 g/mol. The summed E-state index contributed by atoms with van der Waals surface area (Å²) in [6.07, 6.45) is 5.50. The lowest BCUT2D eigenvalue weighted by Crippen LogP contribution is -1.98. The predicted molar refractivity (Wildman–Crippen MR) is 59.9 cm³/mol. The third kappa shape index (κ3) is 1.96. The van der Waals surface area contributed by atoms with Crippen LogP contribution in [0.1, 0.15) is 5.56 Å². The van der Waals surface area contributed by atoms with Gasteiger partial charge in [-0.3, -0.25) is 0 Å². The highest BCUT2D eigenvalue weighted by atomic mass is 79.9. The van der Waals surface area contributed by atoms with E-state index < -0.39 is 0 Å². The molecular formula is C10H10BrN3. The molecule has 0 amide bonds. The van der Waals surface area contributed by atoms with Gasteiger partial charge >= 0.3 is 0 Å². The quantitative estimate of drug-likeness (QED) is 0.833. The van der Waals surface area contributed by atoms with Crippen LogP contribution in [-0.2, 0) is 6.54 Å². The predicted octanol–water partition coefficient (Wildman–Crippen LogP) is 2.28. The number of nitrogens with zero attached hydrogens (tertiary/aromatic N) is 2. The van der Waals surface area contributed by atoms with E-state index in [0.717, 1.165) is 16.7 Å². The number of halogens is 1. The Morgan fingerprint density at radius 3 is 2.93 bits per heavy atom. The summed E-state index contributed by atoms with van der Waals surface area (Å²) < 4.78 is 3.04. The monoisotopic (exact) mass is 251 g/mol. The zero-order valence-electron chi connectivity index (χ0n) is 7.52. The number of hydrogen-bond donors (Lipinski definition) is 1. The zero-order chi connectivity index (χ0) is 9.97. The van der Waals surface area contributed by atoms with E-state index in [9.17, 15) is 0 Å². The molecule has 72 valence electrons. The summed E-state index contributed by atoms with van der Waals surface area (Å²) in [7, 11) is 0. The fourth-order valence-corrected chi connectivity index (χ4v) is 1.79. The van der Waals surface area contributed by atoms with Crippen molar-refractivity contribution in [3.63, 3.8) is 0 Å². The van der Waals surface area contributed by atoms with Crippen molar-refractivity contribution in [1.29, 1.82) is 0 Å². The fourth-order valence-electron chi connectivity index (χ4n) is 1.27. The molecule has 2 N–H and O–H groups in total. The normalized spacial score (nSPS) is 10.4. The van der Waals surface area contributed by atoms with Crippen LogP contribution in [0.4, 0.5) is 5.69 Å². The molecule has 2 rings (SSSR count). The molecule has 0 aliphatic carbocycles. The van der Waals surface area contributed by atoms with E-state index in [1.165, 1.54) is 5.56 Å². The van der Waals surface area contributed by atoms with Crippen molar-refractivity contribution in [2.75, 3.05) is 5.73 Å². The highest BCUT2D eigenvalue weighted by molar-refractivity contribution is 9.10. The van der Waals surface area contributed by atoms with Gasteiger partial charge < -0.3 is 10.3 Å². The van der Waals surface area contributed by atoms with E-state index in [0.29, 0.717) is 0 Å². The average Bonchev–Trinajstić information content (AvgIpc) is 2.62. The standard InChI is InChI=1S/C10H10BrN3/c11-10-5-9(12)2-1-8(10)6-14-4-3-13-7-14/h1-5,7H,6,12H2. The summed E-state index contributed by atoms with van der Waals surface area (Å²) >= 11 is 3.48. The van der Waals surface area contributed by atoms with Crippen LogP contribution in [0, 0.1) is 0 Å². The van der Waals surface area contributed by atoms with Crippen LogP contribution in [0.15, 0.2) is 41.4 Å². The van der Waals surface area contributed by atoms with E-state index in [4.69, 9.17) is 5.73 Å². The molecule has 4 heteroatoms. The minimum atomic E-state index is 0.770. The Hall–Kier alpha value is -1.29. The molecule has 0 aliphatic heterocycles. The van der Waals surface area contributed by atoms with Crippen molar-refractivity contribution in [2.24, 2.45) is 0 Å².